The first-order chi connectivity index (χ1) is 17.3. The van der Waals surface area contributed by atoms with Crippen LogP contribution in [0.1, 0.15) is 29.1 Å². The topological polar surface area (TPSA) is 108 Å². The number of hydrogen-bond acceptors (Lipinski definition) is 8. The third-order valence-electron chi connectivity index (χ3n) is 5.88. The molecule has 1 aliphatic rings. The maximum atomic E-state index is 13.7. The number of aliphatic hydroxyl groups is 1. The highest BCUT2D eigenvalue weighted by Crippen LogP contribution is 2.42. The van der Waals surface area contributed by atoms with Crippen LogP contribution in [0.15, 0.2) is 52.1 Å². The average Bonchev–Trinajstić information content (AvgIpc) is 3.41. The van der Waals surface area contributed by atoms with Crippen LogP contribution in [0.2, 0.25) is 5.02 Å². The van der Waals surface area contributed by atoms with E-state index in [2.05, 4.69) is 0 Å². The van der Waals surface area contributed by atoms with Gasteiger partial charge in [-0.15, -0.1) is 0 Å². The van der Waals surface area contributed by atoms with Gasteiger partial charge in [0.05, 0.1) is 39.0 Å². The summed E-state index contributed by atoms with van der Waals surface area (Å²) in [6.07, 6.45) is 0. The second-order valence-corrected chi connectivity index (χ2v) is 8.40. The van der Waals surface area contributed by atoms with E-state index in [-0.39, 0.29) is 24.5 Å². The van der Waals surface area contributed by atoms with Crippen molar-refractivity contribution in [3.63, 3.8) is 0 Å². The van der Waals surface area contributed by atoms with Gasteiger partial charge in [-0.2, -0.15) is 0 Å². The normalized spacial score (nSPS) is 15.6. The molecule has 1 amide bonds. The van der Waals surface area contributed by atoms with Crippen molar-refractivity contribution < 1.29 is 38.1 Å². The molecule has 1 N–H and O–H groups in total. The van der Waals surface area contributed by atoms with E-state index in [0.717, 1.165) is 0 Å². The van der Waals surface area contributed by atoms with E-state index in [1.807, 2.05) is 6.92 Å². The van der Waals surface area contributed by atoms with Gasteiger partial charge in [0.15, 0.2) is 34.4 Å². The molecule has 9 nitrogen and oxygen atoms in total. The van der Waals surface area contributed by atoms with Gasteiger partial charge < -0.3 is 33.4 Å². The van der Waals surface area contributed by atoms with Crippen molar-refractivity contribution in [2.75, 3.05) is 41.1 Å². The molecule has 1 aliphatic heterocycles. The Bertz CT molecular complexity index is 1350. The summed E-state index contributed by atoms with van der Waals surface area (Å²) in [6, 6.07) is 8.89. The van der Waals surface area contributed by atoms with Crippen LogP contribution in [0.5, 0.6) is 17.2 Å². The van der Waals surface area contributed by atoms with Gasteiger partial charge in [0.25, 0.3) is 5.91 Å². The number of carbonyl (C=O) groups excluding carboxylic acids is 2. The number of nitrogens with zero attached hydrogens (tertiary/aromatic N) is 1. The fourth-order valence-corrected chi connectivity index (χ4v) is 4.48. The number of benzene rings is 2. The van der Waals surface area contributed by atoms with Gasteiger partial charge >= 0.3 is 0 Å². The average molecular weight is 516 g/mol. The first-order valence-electron chi connectivity index (χ1n) is 11.2. The van der Waals surface area contributed by atoms with Crippen molar-refractivity contribution in [1.29, 1.82) is 0 Å². The Kier molecular flexibility index (Phi) is 7.42. The number of Topliss-reactive ketones (excluding diaryl/α,β-unsaturated/α-hetero) is 1. The quantitative estimate of drug-likeness (QED) is 0.386. The summed E-state index contributed by atoms with van der Waals surface area (Å²) < 4.78 is 27.4. The number of rotatable bonds is 10. The molecule has 2 aromatic carbocycles. The summed E-state index contributed by atoms with van der Waals surface area (Å²) in [5.74, 6) is -0.769. The molecule has 10 heteroatoms. The number of amides is 1. The lowest BCUT2D eigenvalue weighted by molar-refractivity contribution is -0.130. The molecule has 0 radical (unpaired) electrons. The monoisotopic (exact) mass is 515 g/mol. The van der Waals surface area contributed by atoms with E-state index in [1.54, 1.807) is 30.3 Å². The Hall–Kier alpha value is -3.69. The lowest BCUT2D eigenvalue weighted by Crippen LogP contribution is -2.34. The Morgan fingerprint density at radius 1 is 1.08 bits per heavy atom. The van der Waals surface area contributed by atoms with Crippen LogP contribution < -0.4 is 14.2 Å². The van der Waals surface area contributed by atoms with Gasteiger partial charge in [0.1, 0.15) is 0 Å². The molecule has 0 aliphatic carbocycles. The maximum Gasteiger partial charge on any atom is 0.290 e. The summed E-state index contributed by atoms with van der Waals surface area (Å²) in [5.41, 5.74) is 0.750. The van der Waals surface area contributed by atoms with E-state index in [1.165, 1.54) is 32.3 Å². The molecule has 1 atom stereocenters. The highest BCUT2D eigenvalue weighted by Gasteiger charge is 2.44. The number of methoxy groups -OCH3 is 3. The van der Waals surface area contributed by atoms with Gasteiger partial charge in [-0.1, -0.05) is 17.7 Å². The fourth-order valence-electron chi connectivity index (χ4n) is 4.26. The maximum absolute atomic E-state index is 13.7. The number of halogens is 1. The van der Waals surface area contributed by atoms with Crippen LogP contribution in [-0.2, 0) is 9.53 Å². The van der Waals surface area contributed by atoms with E-state index in [4.69, 9.17) is 35.0 Å². The largest absolute Gasteiger partial charge is 0.503 e. The van der Waals surface area contributed by atoms with Gasteiger partial charge in [0, 0.05) is 30.1 Å². The number of hydrogen-bond donors (Lipinski definition) is 1. The van der Waals surface area contributed by atoms with Crippen molar-refractivity contribution >= 4 is 34.3 Å². The molecule has 0 spiro atoms. The minimum atomic E-state index is -0.913. The predicted molar refractivity (Wildman–Crippen MR) is 132 cm³/mol. The van der Waals surface area contributed by atoms with Crippen molar-refractivity contribution in [2.24, 2.45) is 0 Å². The zero-order chi connectivity index (χ0) is 26.0. The van der Waals surface area contributed by atoms with E-state index in [9.17, 15) is 14.7 Å². The molecule has 0 saturated carbocycles. The summed E-state index contributed by atoms with van der Waals surface area (Å²) >= 11 is 6.15. The number of ketones is 1. The van der Waals surface area contributed by atoms with Crippen LogP contribution in [0, 0.1) is 0 Å². The van der Waals surface area contributed by atoms with Gasteiger partial charge in [-0.25, -0.2) is 0 Å². The van der Waals surface area contributed by atoms with Crippen LogP contribution in [0.3, 0.4) is 0 Å². The summed E-state index contributed by atoms with van der Waals surface area (Å²) in [7, 11) is 4.46. The molecule has 3 aromatic rings. The third-order valence-corrected chi connectivity index (χ3v) is 6.10. The number of fused-ring (bicyclic) bond motifs is 1. The molecule has 4 rings (SSSR count). The molecule has 190 valence electrons. The summed E-state index contributed by atoms with van der Waals surface area (Å²) in [6.45, 7) is 2.62. The minimum absolute atomic E-state index is 0.0728. The first-order valence-corrected chi connectivity index (χ1v) is 11.6. The molecule has 0 bridgehead atoms. The third kappa shape index (κ3) is 4.47. The smallest absolute Gasteiger partial charge is 0.290 e. The number of carbonyl (C=O) groups is 2. The van der Waals surface area contributed by atoms with Gasteiger partial charge in [0.2, 0.25) is 5.78 Å². The molecule has 1 aromatic heterocycles. The SMILES string of the molecule is CCOc1ccc(C2C(C(=O)c3cc4cc(Cl)cc(OC)c4o3)=C(O)C(=O)N2CCOC)cc1OC. The number of aliphatic hydroxyl groups excluding tert-OH is 1. The zero-order valence-electron chi connectivity index (χ0n) is 20.3. The summed E-state index contributed by atoms with van der Waals surface area (Å²) in [5, 5.41) is 11.8. The lowest BCUT2D eigenvalue weighted by atomic mass is 9.94. The molecule has 0 fully saturated rings. The molecular weight excluding hydrogens is 490 g/mol. The minimum Gasteiger partial charge on any atom is -0.503 e. The van der Waals surface area contributed by atoms with Gasteiger partial charge in [-0.3, -0.25) is 9.59 Å². The van der Waals surface area contributed by atoms with Crippen molar-refractivity contribution in [3.05, 3.63) is 64.1 Å². The number of furan rings is 1. The highest BCUT2D eigenvalue weighted by atomic mass is 35.5. The predicted octanol–water partition coefficient (Wildman–Crippen LogP) is 4.73. The standard InChI is InChI=1S/C26H26ClNO8/c1-5-35-17-7-6-14(11-18(17)33-3)22-21(24(30)26(31)28(22)8-9-32-2)23(29)19-12-15-10-16(27)13-20(34-4)25(15)36-19/h6-7,10-13,22,30H,5,8-9H2,1-4H3. The fraction of sp³-hybridized carbons (Fsp3) is 0.308. The van der Waals surface area contributed by atoms with E-state index < -0.39 is 23.5 Å². The molecule has 1 unspecified atom stereocenters. The van der Waals surface area contributed by atoms with Crippen LogP contribution in [0.25, 0.3) is 11.0 Å². The first kappa shape index (κ1) is 25.4. The molecule has 0 saturated heterocycles. The van der Waals surface area contributed by atoms with Crippen LogP contribution in [0.4, 0.5) is 0 Å². The van der Waals surface area contributed by atoms with Crippen molar-refractivity contribution in [1.82, 2.24) is 4.90 Å². The van der Waals surface area contributed by atoms with Crippen molar-refractivity contribution in [3.8, 4) is 17.2 Å². The Balaban J connectivity index is 1.83. The molecule has 36 heavy (non-hydrogen) atoms. The summed E-state index contributed by atoms with van der Waals surface area (Å²) in [4.78, 5) is 28.2. The Morgan fingerprint density at radius 3 is 2.50 bits per heavy atom. The van der Waals surface area contributed by atoms with E-state index >= 15 is 0 Å². The second-order valence-electron chi connectivity index (χ2n) is 7.97. The Morgan fingerprint density at radius 2 is 1.83 bits per heavy atom. The Labute approximate surface area is 212 Å². The van der Waals surface area contributed by atoms with Crippen LogP contribution in [-0.4, -0.2) is 62.8 Å². The van der Waals surface area contributed by atoms with E-state index in [0.29, 0.717) is 45.4 Å². The number of ether oxygens (including phenoxy) is 4. The molecule has 2 heterocycles. The van der Waals surface area contributed by atoms with Crippen molar-refractivity contribution in [2.45, 2.75) is 13.0 Å². The highest BCUT2D eigenvalue weighted by molar-refractivity contribution is 6.31. The van der Waals surface area contributed by atoms with Gasteiger partial charge in [-0.05, 0) is 36.8 Å². The van der Waals surface area contributed by atoms with Crippen LogP contribution >= 0.6 is 11.6 Å². The molecular formula is C26H26ClNO8. The zero-order valence-corrected chi connectivity index (χ0v) is 21.0. The lowest BCUT2D eigenvalue weighted by Gasteiger charge is -2.27. The second kappa shape index (κ2) is 10.5.